The molecule has 21 heavy (non-hydrogen) atoms. The molecule has 0 aromatic heterocycles. The molecule has 0 radical (unpaired) electrons. The van der Waals surface area contributed by atoms with E-state index in [1.165, 1.54) is 62.2 Å². The molecule has 0 N–H and O–H groups in total. The van der Waals surface area contributed by atoms with Gasteiger partial charge in [0.05, 0.1) is 0 Å². The molecule has 1 rings (SSSR count). The molecule has 2 heteroatoms. The first-order valence-corrected chi connectivity index (χ1v) is 10.2. The molecule has 0 aliphatic rings. The first kappa shape index (κ1) is 18.7. The van der Waals surface area contributed by atoms with Crippen LogP contribution in [0, 0.1) is 0 Å². The molecule has 1 aromatic rings. The van der Waals surface area contributed by atoms with Crippen molar-refractivity contribution in [2.45, 2.75) is 76.1 Å². The summed E-state index contributed by atoms with van der Waals surface area (Å²) in [5, 5.41) is 0. The molecule has 1 unspecified atom stereocenters. The fourth-order valence-corrected chi connectivity index (χ4v) is 4.87. The quantitative estimate of drug-likeness (QED) is 0.382. The Labute approximate surface area is 138 Å². The van der Waals surface area contributed by atoms with Crippen molar-refractivity contribution in [3.05, 3.63) is 30.3 Å². The standard InChI is InChI=1S/C19H32OSe/c1-4-5-6-7-8-9-10-14-17-19(2,20-3)21-18-15-12-11-13-16-18/h11-13,15-16H,4-10,14,17H2,1-3H3. The first-order valence-electron chi connectivity index (χ1n) is 8.49. The van der Waals surface area contributed by atoms with Gasteiger partial charge in [-0.2, -0.15) is 0 Å². The van der Waals surface area contributed by atoms with Gasteiger partial charge in [0.15, 0.2) is 0 Å². The van der Waals surface area contributed by atoms with Crippen molar-refractivity contribution < 1.29 is 4.74 Å². The Morgan fingerprint density at radius 1 is 0.905 bits per heavy atom. The third-order valence-corrected chi connectivity index (χ3v) is 6.74. The third-order valence-electron chi connectivity index (χ3n) is 3.99. The van der Waals surface area contributed by atoms with Gasteiger partial charge in [0.25, 0.3) is 0 Å². The van der Waals surface area contributed by atoms with Gasteiger partial charge in [0.2, 0.25) is 0 Å². The summed E-state index contributed by atoms with van der Waals surface area (Å²) in [5.41, 5.74) is 0. The second-order valence-corrected chi connectivity index (χ2v) is 9.21. The molecule has 1 nitrogen and oxygen atoms in total. The summed E-state index contributed by atoms with van der Waals surface area (Å²) in [5.74, 6) is 0. The van der Waals surface area contributed by atoms with Crippen molar-refractivity contribution in [2.24, 2.45) is 0 Å². The summed E-state index contributed by atoms with van der Waals surface area (Å²) in [4.78, 5) is 0. The van der Waals surface area contributed by atoms with Crippen LogP contribution < -0.4 is 4.46 Å². The van der Waals surface area contributed by atoms with E-state index in [9.17, 15) is 0 Å². The van der Waals surface area contributed by atoms with Gasteiger partial charge in [-0.25, -0.2) is 0 Å². The predicted octanol–water partition coefficient (Wildman–Crippen LogP) is 4.91. The number of ether oxygens (including phenoxy) is 1. The molecule has 0 spiro atoms. The van der Waals surface area contributed by atoms with Crippen LogP contribution in [0.2, 0.25) is 0 Å². The maximum absolute atomic E-state index is 5.83. The number of methoxy groups -OCH3 is 1. The average molecular weight is 355 g/mol. The van der Waals surface area contributed by atoms with Gasteiger partial charge in [-0.3, -0.25) is 0 Å². The number of hydrogen-bond acceptors (Lipinski definition) is 1. The normalized spacial score (nSPS) is 14.0. The molecule has 0 amide bonds. The number of benzene rings is 1. The van der Waals surface area contributed by atoms with Crippen LogP contribution in [-0.2, 0) is 4.74 Å². The Hall–Kier alpha value is -0.301. The predicted molar refractivity (Wildman–Crippen MR) is 94.5 cm³/mol. The van der Waals surface area contributed by atoms with E-state index in [2.05, 4.69) is 44.2 Å². The first-order chi connectivity index (χ1) is 10.2. The number of hydrogen-bond donors (Lipinski definition) is 0. The van der Waals surface area contributed by atoms with Crippen LogP contribution >= 0.6 is 0 Å². The van der Waals surface area contributed by atoms with E-state index >= 15 is 0 Å². The summed E-state index contributed by atoms with van der Waals surface area (Å²) < 4.78 is 7.32. The van der Waals surface area contributed by atoms with E-state index in [1.54, 1.807) is 0 Å². The molecular weight excluding hydrogens is 323 g/mol. The second kappa shape index (κ2) is 11.3. The zero-order valence-electron chi connectivity index (χ0n) is 14.1. The van der Waals surface area contributed by atoms with Crippen LogP contribution in [0.25, 0.3) is 0 Å². The molecule has 0 fully saturated rings. The van der Waals surface area contributed by atoms with Crippen LogP contribution in [0.4, 0.5) is 0 Å². The van der Waals surface area contributed by atoms with Crippen molar-refractivity contribution in [2.75, 3.05) is 7.11 Å². The molecule has 1 aromatic carbocycles. The van der Waals surface area contributed by atoms with Gasteiger partial charge in [-0.05, 0) is 0 Å². The fraction of sp³-hybridized carbons (Fsp3) is 0.684. The Morgan fingerprint density at radius 3 is 2.05 bits per heavy atom. The third kappa shape index (κ3) is 8.66. The van der Waals surface area contributed by atoms with E-state index in [0.29, 0.717) is 15.0 Å². The summed E-state index contributed by atoms with van der Waals surface area (Å²) in [6, 6.07) is 10.8. The monoisotopic (exact) mass is 356 g/mol. The van der Waals surface area contributed by atoms with Crippen LogP contribution in [0.15, 0.2) is 30.3 Å². The van der Waals surface area contributed by atoms with Gasteiger partial charge in [0, 0.05) is 0 Å². The van der Waals surface area contributed by atoms with Gasteiger partial charge >= 0.3 is 138 Å². The molecule has 0 heterocycles. The van der Waals surface area contributed by atoms with Gasteiger partial charge in [0.1, 0.15) is 0 Å². The van der Waals surface area contributed by atoms with E-state index < -0.39 is 0 Å². The van der Waals surface area contributed by atoms with Crippen LogP contribution in [0.3, 0.4) is 0 Å². The summed E-state index contributed by atoms with van der Waals surface area (Å²) >= 11 is 0.393. The zero-order chi connectivity index (χ0) is 15.4. The maximum atomic E-state index is 5.83. The second-order valence-electron chi connectivity index (χ2n) is 5.98. The van der Waals surface area contributed by atoms with Gasteiger partial charge in [-0.1, -0.05) is 0 Å². The molecule has 1 atom stereocenters. The van der Waals surface area contributed by atoms with Crippen molar-refractivity contribution in [3.63, 3.8) is 0 Å². The van der Waals surface area contributed by atoms with E-state index in [4.69, 9.17) is 4.74 Å². The van der Waals surface area contributed by atoms with Crippen molar-refractivity contribution >= 4 is 19.4 Å². The molecule has 0 aliphatic carbocycles. The van der Waals surface area contributed by atoms with Crippen molar-refractivity contribution in [1.29, 1.82) is 0 Å². The number of rotatable bonds is 12. The summed E-state index contributed by atoms with van der Waals surface area (Å²) in [6.07, 6.45) is 12.2. The topological polar surface area (TPSA) is 9.23 Å². The van der Waals surface area contributed by atoms with E-state index in [0.717, 1.165) is 0 Å². The van der Waals surface area contributed by atoms with Crippen molar-refractivity contribution in [3.8, 4) is 0 Å². The minimum atomic E-state index is 0.0521. The minimum absolute atomic E-state index is 0.0521. The summed E-state index contributed by atoms with van der Waals surface area (Å²) in [7, 11) is 1.87. The van der Waals surface area contributed by atoms with Crippen LogP contribution in [0.5, 0.6) is 0 Å². The average Bonchev–Trinajstić information content (AvgIpc) is 2.51. The SMILES string of the molecule is CCCCCCCCCCC(C)(OC)[Se]c1ccccc1. The molecule has 0 aliphatic heterocycles. The zero-order valence-corrected chi connectivity index (χ0v) is 15.8. The van der Waals surface area contributed by atoms with Crippen LogP contribution in [-0.4, -0.2) is 26.6 Å². The Morgan fingerprint density at radius 2 is 1.48 bits per heavy atom. The Kier molecular flexibility index (Phi) is 10.1. The Bertz CT molecular complexity index is 352. The number of unbranched alkanes of at least 4 members (excludes halogenated alkanes) is 7. The van der Waals surface area contributed by atoms with E-state index in [1.807, 2.05) is 7.11 Å². The molecule has 0 bridgehead atoms. The van der Waals surface area contributed by atoms with Crippen LogP contribution in [0.1, 0.15) is 71.6 Å². The molecule has 120 valence electrons. The molecule has 0 saturated carbocycles. The van der Waals surface area contributed by atoms with E-state index in [-0.39, 0.29) is 4.50 Å². The molecular formula is C19H32OSe. The fourth-order valence-electron chi connectivity index (χ4n) is 2.51. The van der Waals surface area contributed by atoms with Gasteiger partial charge < -0.3 is 0 Å². The molecule has 0 saturated heterocycles. The summed E-state index contributed by atoms with van der Waals surface area (Å²) in [6.45, 7) is 4.56. The Balaban J connectivity index is 2.18. The van der Waals surface area contributed by atoms with Gasteiger partial charge in [-0.15, -0.1) is 0 Å². The van der Waals surface area contributed by atoms with Crippen molar-refractivity contribution in [1.82, 2.24) is 0 Å².